The van der Waals surface area contributed by atoms with Gasteiger partial charge >= 0.3 is 0 Å². The molecule has 9 aromatic rings. The van der Waals surface area contributed by atoms with E-state index >= 15 is 0 Å². The first kappa shape index (κ1) is 27.1. The molecule has 0 saturated carbocycles. The van der Waals surface area contributed by atoms with Gasteiger partial charge in [-0.05, 0) is 68.9 Å². The SMILES string of the molecule is c1ccc(-c2cc3oc4c(c3cc2-c2ccccc2)NC(n2c3ccccc3c3cc5ccccc5cc32)NC4c2ccccc2)cc1. The van der Waals surface area contributed by atoms with E-state index in [1.807, 2.05) is 0 Å². The van der Waals surface area contributed by atoms with Gasteiger partial charge in [0.15, 0.2) is 6.29 Å². The number of hydrogen-bond acceptors (Lipinski definition) is 3. The second kappa shape index (κ2) is 10.7. The minimum Gasteiger partial charge on any atom is -0.457 e. The largest absolute Gasteiger partial charge is 0.457 e. The molecule has 1 aliphatic heterocycles. The fourth-order valence-corrected chi connectivity index (χ4v) is 7.63. The zero-order valence-corrected chi connectivity index (χ0v) is 26.1. The van der Waals surface area contributed by atoms with Gasteiger partial charge in [0.2, 0.25) is 0 Å². The summed E-state index contributed by atoms with van der Waals surface area (Å²) in [5.41, 5.74) is 10.0. The Bertz CT molecular complexity index is 2620. The highest BCUT2D eigenvalue weighted by molar-refractivity contribution is 6.13. The van der Waals surface area contributed by atoms with Crippen molar-refractivity contribution in [3.05, 3.63) is 175 Å². The highest BCUT2D eigenvalue weighted by Crippen LogP contribution is 2.47. The van der Waals surface area contributed by atoms with Gasteiger partial charge in [-0.1, -0.05) is 133 Å². The summed E-state index contributed by atoms with van der Waals surface area (Å²) in [6.45, 7) is 0. The molecular weight excluding hydrogens is 587 g/mol. The zero-order valence-electron chi connectivity index (χ0n) is 26.1. The van der Waals surface area contributed by atoms with Crippen LogP contribution in [0.3, 0.4) is 0 Å². The van der Waals surface area contributed by atoms with E-state index in [4.69, 9.17) is 4.42 Å². The summed E-state index contributed by atoms with van der Waals surface area (Å²) in [6.07, 6.45) is -0.249. The number of aromatic nitrogens is 1. The van der Waals surface area contributed by atoms with Gasteiger partial charge in [0.1, 0.15) is 11.3 Å². The van der Waals surface area contributed by atoms with Crippen LogP contribution in [0.25, 0.3) is 65.8 Å². The molecule has 7 aromatic carbocycles. The predicted octanol–water partition coefficient (Wildman–Crippen LogP) is 11.3. The highest BCUT2D eigenvalue weighted by atomic mass is 16.3. The smallest absolute Gasteiger partial charge is 0.160 e. The number of anilines is 1. The van der Waals surface area contributed by atoms with Gasteiger partial charge in [0.05, 0.1) is 22.8 Å². The average molecular weight is 618 g/mol. The molecule has 2 atom stereocenters. The molecule has 2 aromatic heterocycles. The maximum absolute atomic E-state index is 6.87. The molecule has 4 heteroatoms. The molecule has 2 N–H and O–H groups in total. The first-order valence-corrected chi connectivity index (χ1v) is 16.5. The van der Waals surface area contributed by atoms with Gasteiger partial charge in [-0.2, -0.15) is 0 Å². The van der Waals surface area contributed by atoms with Crippen molar-refractivity contribution in [2.24, 2.45) is 0 Å². The third kappa shape index (κ3) is 4.20. The normalized spacial score (nSPS) is 16.0. The molecule has 0 radical (unpaired) electrons. The van der Waals surface area contributed by atoms with Crippen molar-refractivity contribution in [3.8, 4) is 22.3 Å². The van der Waals surface area contributed by atoms with Gasteiger partial charge in [-0.3, -0.25) is 5.32 Å². The Morgan fingerprint density at radius 2 is 1.10 bits per heavy atom. The van der Waals surface area contributed by atoms with Crippen molar-refractivity contribution in [1.82, 2.24) is 9.88 Å². The molecule has 0 bridgehead atoms. The van der Waals surface area contributed by atoms with Crippen LogP contribution >= 0.6 is 0 Å². The van der Waals surface area contributed by atoms with Crippen molar-refractivity contribution in [2.45, 2.75) is 12.3 Å². The average Bonchev–Trinajstić information content (AvgIpc) is 3.68. The van der Waals surface area contributed by atoms with E-state index in [9.17, 15) is 0 Å². The first-order valence-electron chi connectivity index (χ1n) is 16.5. The lowest BCUT2D eigenvalue weighted by atomic mass is 9.92. The van der Waals surface area contributed by atoms with Crippen LogP contribution in [-0.2, 0) is 0 Å². The molecule has 0 amide bonds. The molecule has 0 saturated heterocycles. The van der Waals surface area contributed by atoms with E-state index in [-0.39, 0.29) is 12.3 Å². The minimum absolute atomic E-state index is 0.170. The standard InChI is InChI=1S/C44H31N3O/c1-4-14-28(15-5-1)34-26-37-40(27-35(34)29-16-6-2-7-17-29)48-43-41(30-18-8-3-9-19-30)45-44(46-42(37)43)47-38-23-13-12-22-33(38)36-24-31-20-10-11-21-32(31)25-39(36)47/h1-27,41,44-46H. The Hall–Kier alpha value is -6.10. The van der Waals surface area contributed by atoms with E-state index in [0.29, 0.717) is 0 Å². The summed E-state index contributed by atoms with van der Waals surface area (Å²) in [5, 5.41) is 13.9. The molecule has 1 aliphatic rings. The van der Waals surface area contributed by atoms with E-state index in [0.717, 1.165) is 39.1 Å². The second-order valence-corrected chi connectivity index (χ2v) is 12.6. The van der Waals surface area contributed by atoms with Crippen molar-refractivity contribution < 1.29 is 4.42 Å². The van der Waals surface area contributed by atoms with Crippen LogP contribution in [0.4, 0.5) is 5.69 Å². The van der Waals surface area contributed by atoms with E-state index in [1.54, 1.807) is 0 Å². The Balaban J connectivity index is 1.23. The van der Waals surface area contributed by atoms with Gasteiger partial charge in [-0.15, -0.1) is 0 Å². The Labute approximate surface area is 277 Å². The molecule has 0 fully saturated rings. The van der Waals surface area contributed by atoms with Crippen LogP contribution in [0.15, 0.2) is 168 Å². The van der Waals surface area contributed by atoms with Crippen molar-refractivity contribution in [3.63, 3.8) is 0 Å². The molecule has 10 rings (SSSR count). The van der Waals surface area contributed by atoms with Crippen molar-refractivity contribution in [2.75, 3.05) is 5.32 Å². The number of rotatable bonds is 4. The Kier molecular flexibility index (Phi) is 6.05. The van der Waals surface area contributed by atoms with Gasteiger partial charge in [0, 0.05) is 16.2 Å². The summed E-state index contributed by atoms with van der Waals surface area (Å²) in [5.74, 6) is 0.892. The van der Waals surface area contributed by atoms with Gasteiger partial charge < -0.3 is 14.3 Å². The highest BCUT2D eigenvalue weighted by Gasteiger charge is 2.34. The Morgan fingerprint density at radius 1 is 0.500 bits per heavy atom. The molecule has 4 nitrogen and oxygen atoms in total. The topological polar surface area (TPSA) is 42.1 Å². The van der Waals surface area contributed by atoms with E-state index in [2.05, 4.69) is 179 Å². The lowest BCUT2D eigenvalue weighted by molar-refractivity contribution is 0.371. The van der Waals surface area contributed by atoms with Crippen molar-refractivity contribution >= 4 is 49.2 Å². The number of benzene rings is 7. The van der Waals surface area contributed by atoms with E-state index < -0.39 is 0 Å². The fraction of sp³-hybridized carbons (Fsp3) is 0.0455. The second-order valence-electron chi connectivity index (χ2n) is 12.6. The van der Waals surface area contributed by atoms with Crippen molar-refractivity contribution in [1.29, 1.82) is 0 Å². The van der Waals surface area contributed by atoms with E-state index in [1.165, 1.54) is 43.7 Å². The maximum atomic E-state index is 6.87. The molecule has 2 unspecified atom stereocenters. The molecular formula is C44H31N3O. The summed E-state index contributed by atoms with van der Waals surface area (Å²) in [6, 6.07) is 58.2. The Morgan fingerprint density at radius 3 is 1.83 bits per heavy atom. The molecule has 48 heavy (non-hydrogen) atoms. The zero-order chi connectivity index (χ0) is 31.6. The number of fused-ring (bicyclic) bond motifs is 7. The molecule has 0 spiro atoms. The third-order valence-electron chi connectivity index (χ3n) is 9.86. The van der Waals surface area contributed by atoms with Gasteiger partial charge in [-0.25, -0.2) is 0 Å². The fourth-order valence-electron chi connectivity index (χ4n) is 7.63. The maximum Gasteiger partial charge on any atom is 0.160 e. The van der Waals surface area contributed by atoms with Crippen LogP contribution < -0.4 is 10.6 Å². The number of para-hydroxylation sites is 1. The summed E-state index contributed by atoms with van der Waals surface area (Å²) < 4.78 is 9.30. The molecule has 0 aliphatic carbocycles. The summed E-state index contributed by atoms with van der Waals surface area (Å²) in [4.78, 5) is 0. The number of nitrogens with zero attached hydrogens (tertiary/aromatic N) is 1. The molecule has 3 heterocycles. The number of hydrogen-bond donors (Lipinski definition) is 2. The van der Waals surface area contributed by atoms with Crippen LogP contribution in [-0.4, -0.2) is 4.57 Å². The first-order chi connectivity index (χ1) is 23.8. The minimum atomic E-state index is -0.249. The van der Waals surface area contributed by atoms with Crippen LogP contribution in [0.5, 0.6) is 0 Å². The lowest BCUT2D eigenvalue weighted by Gasteiger charge is -2.34. The van der Waals surface area contributed by atoms with Crippen LogP contribution in [0.2, 0.25) is 0 Å². The third-order valence-corrected chi connectivity index (χ3v) is 9.86. The predicted molar refractivity (Wildman–Crippen MR) is 198 cm³/mol. The molecule has 228 valence electrons. The van der Waals surface area contributed by atoms with Gasteiger partial charge in [0.25, 0.3) is 0 Å². The number of furan rings is 1. The lowest BCUT2D eigenvalue weighted by Crippen LogP contribution is -2.40. The van der Waals surface area contributed by atoms with Crippen LogP contribution in [0.1, 0.15) is 23.7 Å². The summed E-state index contributed by atoms with van der Waals surface area (Å²) >= 11 is 0. The van der Waals surface area contributed by atoms with Crippen LogP contribution in [0, 0.1) is 0 Å². The quantitative estimate of drug-likeness (QED) is 0.206. The number of nitrogens with one attached hydrogen (secondary N) is 2. The summed E-state index contributed by atoms with van der Waals surface area (Å²) in [7, 11) is 0. The monoisotopic (exact) mass is 617 g/mol.